The summed E-state index contributed by atoms with van der Waals surface area (Å²) in [7, 11) is 0. The number of hydrogen-bond acceptors (Lipinski definition) is 7. The lowest BCUT2D eigenvalue weighted by Gasteiger charge is -2.18. The number of aliphatic hydroxyl groups excluding tert-OH is 1. The molecule has 1 aliphatic heterocycles. The van der Waals surface area contributed by atoms with E-state index in [9.17, 15) is 9.59 Å². The van der Waals surface area contributed by atoms with Crippen LogP contribution in [-0.4, -0.2) is 56.5 Å². The van der Waals surface area contributed by atoms with Crippen LogP contribution in [0.1, 0.15) is 76.3 Å². The first kappa shape index (κ1) is 30.3. The number of fused-ring (bicyclic) bond motifs is 1. The summed E-state index contributed by atoms with van der Waals surface area (Å²) in [5.74, 6) is 0.113. The van der Waals surface area contributed by atoms with Gasteiger partial charge >= 0.3 is 0 Å². The summed E-state index contributed by atoms with van der Waals surface area (Å²) >= 11 is 0. The van der Waals surface area contributed by atoms with Crippen LogP contribution in [0.2, 0.25) is 0 Å². The molecular weight excluding hydrogens is 502 g/mol. The number of amides is 2. The zero-order valence-corrected chi connectivity index (χ0v) is 23.2. The highest BCUT2D eigenvalue weighted by atomic mass is 16.3. The fourth-order valence-electron chi connectivity index (χ4n) is 3.99. The van der Waals surface area contributed by atoms with E-state index >= 15 is 0 Å². The summed E-state index contributed by atoms with van der Waals surface area (Å²) in [4.78, 5) is 38.4. The van der Waals surface area contributed by atoms with E-state index in [-0.39, 0.29) is 30.3 Å². The number of nitrogens with two attached hydrogens (primary N) is 1. The molecule has 8 nitrogen and oxygen atoms in total. The summed E-state index contributed by atoms with van der Waals surface area (Å²) in [6.07, 6.45) is 5.25. The number of imide groups is 1. The second kappa shape index (κ2) is 15.4. The molecule has 0 fully saturated rings. The van der Waals surface area contributed by atoms with Gasteiger partial charge in [-0.15, -0.1) is 0 Å². The van der Waals surface area contributed by atoms with Crippen molar-refractivity contribution >= 4 is 11.8 Å². The number of benzene rings is 1. The van der Waals surface area contributed by atoms with E-state index in [2.05, 4.69) is 21.9 Å². The van der Waals surface area contributed by atoms with E-state index in [1.54, 1.807) is 42.9 Å². The van der Waals surface area contributed by atoms with Crippen LogP contribution in [0.5, 0.6) is 0 Å². The van der Waals surface area contributed by atoms with Gasteiger partial charge in [0.2, 0.25) is 0 Å². The molecule has 4 heterocycles. The molecule has 3 N–H and O–H groups in total. The molecule has 3 atom stereocenters. The van der Waals surface area contributed by atoms with Gasteiger partial charge in [0.25, 0.3) is 11.8 Å². The van der Waals surface area contributed by atoms with E-state index < -0.39 is 0 Å². The lowest BCUT2D eigenvalue weighted by atomic mass is 10.1. The lowest BCUT2D eigenvalue weighted by Crippen LogP contribution is -2.33. The van der Waals surface area contributed by atoms with Gasteiger partial charge in [-0.3, -0.25) is 29.4 Å². The predicted octanol–water partition coefficient (Wildman–Crippen LogP) is 4.80. The van der Waals surface area contributed by atoms with Crippen molar-refractivity contribution in [2.24, 2.45) is 5.73 Å². The molecule has 4 aromatic rings. The molecule has 0 spiro atoms. The third kappa shape index (κ3) is 8.11. The van der Waals surface area contributed by atoms with Gasteiger partial charge < -0.3 is 10.8 Å². The third-order valence-electron chi connectivity index (χ3n) is 6.54. The molecule has 0 unspecified atom stereocenters. The van der Waals surface area contributed by atoms with E-state index in [1.165, 1.54) is 4.90 Å². The molecule has 3 aromatic heterocycles. The Hall–Kier alpha value is -4.27. The molecule has 1 aromatic carbocycles. The molecule has 0 saturated heterocycles. The number of aliphatic hydroxyl groups is 1. The van der Waals surface area contributed by atoms with Crippen LogP contribution in [0.4, 0.5) is 0 Å². The fourth-order valence-corrected chi connectivity index (χ4v) is 3.99. The molecule has 2 amide bonds. The lowest BCUT2D eigenvalue weighted by molar-refractivity contribution is 0.0646. The van der Waals surface area contributed by atoms with Crippen molar-refractivity contribution in [3.8, 4) is 0 Å². The highest BCUT2D eigenvalue weighted by molar-refractivity contribution is 6.21. The Morgan fingerprint density at radius 3 is 1.43 bits per heavy atom. The first-order valence-electron chi connectivity index (χ1n) is 13.4. The van der Waals surface area contributed by atoms with Gasteiger partial charge in [-0.1, -0.05) is 51.1 Å². The number of nitrogens with zero attached hydrogens (tertiary/aromatic N) is 4. The Bertz CT molecular complexity index is 1260. The standard InChI is InChI=1S/C16H14N2O2.C8H12N2.C8H11NO/c1-11(14-8-4-5-9-17-14)10-18-15(19)12-6-2-3-7-13(12)16(18)20;1-7(6-9)8-4-2-3-5-10-8;1-7(6-10)8-4-2-3-5-9-8/h2-9,11H,10H2,1H3;2-5,7H,6,9H2,1H3;2-5,7,10H,6H2,1H3/t11-;2*7-/m111/s1. The zero-order chi connectivity index (χ0) is 28.9. The monoisotopic (exact) mass is 539 g/mol. The highest BCUT2D eigenvalue weighted by Gasteiger charge is 2.35. The fraction of sp³-hybridized carbons (Fsp3) is 0.281. The SMILES string of the molecule is C[C@H](CN)c1ccccn1.C[C@H](CN1C(=O)c2ccccc2C1=O)c1ccccn1.C[C@H](CO)c1ccccn1. The number of rotatable bonds is 7. The summed E-state index contributed by atoms with van der Waals surface area (Å²) in [5, 5.41) is 8.75. The molecule has 5 rings (SSSR count). The number of carbonyl (C=O) groups excluding carboxylic acids is 2. The molecule has 40 heavy (non-hydrogen) atoms. The van der Waals surface area contributed by atoms with Crippen LogP contribution in [0.3, 0.4) is 0 Å². The van der Waals surface area contributed by atoms with Crippen LogP contribution in [0, 0.1) is 0 Å². The van der Waals surface area contributed by atoms with Crippen molar-refractivity contribution in [1.82, 2.24) is 19.9 Å². The average Bonchev–Trinajstić information content (AvgIpc) is 3.27. The van der Waals surface area contributed by atoms with Crippen LogP contribution in [0.25, 0.3) is 0 Å². The Kier molecular flexibility index (Phi) is 11.6. The topological polar surface area (TPSA) is 122 Å². The van der Waals surface area contributed by atoms with Crippen molar-refractivity contribution < 1.29 is 14.7 Å². The quantitative estimate of drug-likeness (QED) is 0.323. The summed E-state index contributed by atoms with van der Waals surface area (Å²) in [6, 6.07) is 24.2. The third-order valence-corrected chi connectivity index (χ3v) is 6.54. The van der Waals surface area contributed by atoms with Gasteiger partial charge in [0.1, 0.15) is 0 Å². The molecule has 0 radical (unpaired) electrons. The van der Waals surface area contributed by atoms with Gasteiger partial charge in [0.15, 0.2) is 0 Å². The number of pyridine rings is 3. The van der Waals surface area contributed by atoms with E-state index in [0.717, 1.165) is 17.1 Å². The molecule has 208 valence electrons. The number of aromatic nitrogens is 3. The van der Waals surface area contributed by atoms with Gasteiger partial charge in [-0.25, -0.2) is 0 Å². The minimum absolute atomic E-state index is 0.0124. The maximum Gasteiger partial charge on any atom is 0.261 e. The normalized spacial score (nSPS) is 14.2. The maximum absolute atomic E-state index is 12.3. The zero-order valence-electron chi connectivity index (χ0n) is 23.2. The maximum atomic E-state index is 12.3. The molecule has 0 aliphatic carbocycles. The van der Waals surface area contributed by atoms with Crippen molar-refractivity contribution in [1.29, 1.82) is 0 Å². The van der Waals surface area contributed by atoms with Crippen LogP contribution < -0.4 is 5.73 Å². The number of hydrogen-bond donors (Lipinski definition) is 2. The second-order valence-electron chi connectivity index (χ2n) is 9.65. The molecular formula is C32H37N5O3. The van der Waals surface area contributed by atoms with Gasteiger partial charge in [-0.05, 0) is 48.5 Å². The van der Waals surface area contributed by atoms with E-state index in [0.29, 0.717) is 30.1 Å². The highest BCUT2D eigenvalue weighted by Crippen LogP contribution is 2.25. The summed E-state index contributed by atoms with van der Waals surface area (Å²) in [5.41, 5.74) is 9.35. The Morgan fingerprint density at radius 2 is 1.05 bits per heavy atom. The van der Waals surface area contributed by atoms with Crippen molar-refractivity contribution in [3.05, 3.63) is 126 Å². The molecule has 0 saturated carbocycles. The largest absolute Gasteiger partial charge is 0.396 e. The van der Waals surface area contributed by atoms with Crippen LogP contribution in [0.15, 0.2) is 97.5 Å². The summed E-state index contributed by atoms with van der Waals surface area (Å²) in [6.45, 7) is 7.16. The van der Waals surface area contributed by atoms with Gasteiger partial charge in [0, 0.05) is 66.5 Å². The summed E-state index contributed by atoms with van der Waals surface area (Å²) < 4.78 is 0. The molecule has 1 aliphatic rings. The van der Waals surface area contributed by atoms with Gasteiger partial charge in [0.05, 0.1) is 17.7 Å². The van der Waals surface area contributed by atoms with E-state index in [1.807, 2.05) is 68.4 Å². The molecule has 0 bridgehead atoms. The van der Waals surface area contributed by atoms with E-state index in [4.69, 9.17) is 10.8 Å². The van der Waals surface area contributed by atoms with Crippen LogP contribution in [-0.2, 0) is 0 Å². The first-order valence-corrected chi connectivity index (χ1v) is 13.4. The minimum Gasteiger partial charge on any atom is -0.396 e. The van der Waals surface area contributed by atoms with Crippen LogP contribution >= 0.6 is 0 Å². The second-order valence-corrected chi connectivity index (χ2v) is 9.65. The Balaban J connectivity index is 0.000000185. The Labute approximate surface area is 235 Å². The van der Waals surface area contributed by atoms with Crippen molar-refractivity contribution in [3.63, 3.8) is 0 Å². The molecule has 8 heteroatoms. The average molecular weight is 540 g/mol. The predicted molar refractivity (Wildman–Crippen MR) is 156 cm³/mol. The Morgan fingerprint density at radius 1 is 0.650 bits per heavy atom. The first-order chi connectivity index (χ1) is 19.4. The number of carbonyl (C=O) groups is 2. The smallest absolute Gasteiger partial charge is 0.261 e. The van der Waals surface area contributed by atoms with Crippen molar-refractivity contribution in [2.75, 3.05) is 19.7 Å². The minimum atomic E-state index is -0.214. The van der Waals surface area contributed by atoms with Crippen molar-refractivity contribution in [2.45, 2.75) is 38.5 Å². The van der Waals surface area contributed by atoms with Gasteiger partial charge in [-0.2, -0.15) is 0 Å².